The van der Waals surface area contributed by atoms with E-state index in [1.807, 2.05) is 6.26 Å². The number of aromatic nitrogens is 2. The van der Waals surface area contributed by atoms with Crippen LogP contribution in [0.2, 0.25) is 0 Å². The number of thioether (sulfide) groups is 1. The summed E-state index contributed by atoms with van der Waals surface area (Å²) in [6, 6.07) is 1.06. The lowest BCUT2D eigenvalue weighted by atomic mass is 10.1. The molecule has 0 unspecified atom stereocenters. The van der Waals surface area contributed by atoms with E-state index >= 15 is 0 Å². The molecule has 148 valence electrons. The first-order valence-electron chi connectivity index (χ1n) is 9.72. The van der Waals surface area contributed by atoms with Gasteiger partial charge in [-0.1, -0.05) is 0 Å². The molecule has 0 aliphatic carbocycles. The predicted octanol–water partition coefficient (Wildman–Crippen LogP) is 3.73. The minimum atomic E-state index is 0.528. The molecule has 26 heavy (non-hydrogen) atoms. The van der Waals surface area contributed by atoms with Gasteiger partial charge in [0.2, 0.25) is 11.8 Å². The summed E-state index contributed by atoms with van der Waals surface area (Å²) in [6.07, 6.45) is 5.75. The van der Waals surface area contributed by atoms with Crippen molar-refractivity contribution in [2.24, 2.45) is 0 Å². The van der Waals surface area contributed by atoms with Crippen molar-refractivity contribution in [3.05, 3.63) is 0 Å². The zero-order valence-electron chi connectivity index (χ0n) is 17.2. The van der Waals surface area contributed by atoms with Crippen LogP contribution in [-0.4, -0.2) is 66.5 Å². The van der Waals surface area contributed by atoms with Gasteiger partial charge in [0, 0.05) is 38.3 Å². The lowest BCUT2D eigenvalue weighted by Gasteiger charge is -2.31. The van der Waals surface area contributed by atoms with Crippen molar-refractivity contribution in [3.8, 4) is 5.88 Å². The van der Waals surface area contributed by atoms with Crippen LogP contribution in [0.1, 0.15) is 47.0 Å². The first-order valence-corrected chi connectivity index (χ1v) is 10.9. The summed E-state index contributed by atoms with van der Waals surface area (Å²) < 4.78 is 5.56. The highest BCUT2D eigenvalue weighted by Crippen LogP contribution is 2.34. The lowest BCUT2D eigenvalue weighted by molar-refractivity contribution is 0.182. The average Bonchev–Trinajstić information content (AvgIpc) is 2.64. The Kier molecular flexibility index (Phi) is 8.28. The first-order chi connectivity index (χ1) is 12.5. The Labute approximate surface area is 163 Å². The number of hydrogen-bond acceptors (Lipinski definition) is 7. The van der Waals surface area contributed by atoms with Gasteiger partial charge in [-0.05, 0) is 53.2 Å². The number of nitrogens with zero attached hydrogens (tertiary/aromatic N) is 4. The number of methoxy groups -OCH3 is 1. The molecule has 2 heterocycles. The Morgan fingerprint density at radius 1 is 1.12 bits per heavy atom. The van der Waals surface area contributed by atoms with Crippen molar-refractivity contribution >= 4 is 23.5 Å². The van der Waals surface area contributed by atoms with Gasteiger partial charge in [0.15, 0.2) is 0 Å². The van der Waals surface area contributed by atoms with Crippen LogP contribution in [-0.2, 0) is 0 Å². The molecule has 1 aliphatic heterocycles. The molecule has 1 saturated heterocycles. The molecule has 0 spiro atoms. The van der Waals surface area contributed by atoms with E-state index in [2.05, 4.69) is 47.8 Å². The second kappa shape index (κ2) is 10.2. The maximum Gasteiger partial charge on any atom is 0.234 e. The molecule has 1 aliphatic rings. The van der Waals surface area contributed by atoms with E-state index in [1.165, 1.54) is 19.3 Å². The van der Waals surface area contributed by atoms with Crippen molar-refractivity contribution in [1.29, 1.82) is 0 Å². The van der Waals surface area contributed by atoms with Crippen LogP contribution in [0.4, 0.5) is 11.8 Å². The Balaban J connectivity index is 2.16. The van der Waals surface area contributed by atoms with Crippen LogP contribution in [0.3, 0.4) is 0 Å². The highest BCUT2D eigenvalue weighted by atomic mass is 32.2. The molecule has 1 N–H and O–H groups in total. The van der Waals surface area contributed by atoms with Crippen LogP contribution in [0, 0.1) is 0 Å². The fourth-order valence-electron chi connectivity index (χ4n) is 3.51. The van der Waals surface area contributed by atoms with Gasteiger partial charge in [-0.3, -0.25) is 4.90 Å². The van der Waals surface area contributed by atoms with Gasteiger partial charge in [0.05, 0.1) is 7.11 Å². The van der Waals surface area contributed by atoms with E-state index in [-0.39, 0.29) is 0 Å². The van der Waals surface area contributed by atoms with E-state index < -0.39 is 0 Å². The third kappa shape index (κ3) is 5.39. The zero-order chi connectivity index (χ0) is 19.1. The molecule has 7 heteroatoms. The second-order valence-electron chi connectivity index (χ2n) is 7.31. The molecule has 1 aromatic rings. The lowest BCUT2D eigenvalue weighted by Crippen LogP contribution is -2.40. The number of rotatable bonds is 9. The molecular weight excluding hydrogens is 346 g/mol. The largest absolute Gasteiger partial charge is 0.480 e. The van der Waals surface area contributed by atoms with Crippen LogP contribution in [0.15, 0.2) is 4.90 Å². The van der Waals surface area contributed by atoms with E-state index in [4.69, 9.17) is 9.72 Å². The van der Waals surface area contributed by atoms with Crippen LogP contribution < -0.4 is 15.0 Å². The molecule has 0 amide bonds. The van der Waals surface area contributed by atoms with Gasteiger partial charge in [-0.15, -0.1) is 11.8 Å². The topological polar surface area (TPSA) is 53.5 Å². The number of nitrogens with one attached hydrogen (secondary N) is 1. The summed E-state index contributed by atoms with van der Waals surface area (Å²) in [5.74, 6) is 2.34. The molecule has 0 saturated carbocycles. The number of hydrogen-bond donors (Lipinski definition) is 1. The summed E-state index contributed by atoms with van der Waals surface area (Å²) >= 11 is 1.63. The third-order valence-electron chi connectivity index (χ3n) is 4.85. The summed E-state index contributed by atoms with van der Waals surface area (Å²) in [5.41, 5.74) is 0. The Morgan fingerprint density at radius 2 is 1.77 bits per heavy atom. The highest BCUT2D eigenvalue weighted by Gasteiger charge is 2.20. The van der Waals surface area contributed by atoms with Crippen LogP contribution in [0.5, 0.6) is 5.88 Å². The molecule has 1 aromatic heterocycles. The van der Waals surface area contributed by atoms with E-state index in [9.17, 15) is 0 Å². The van der Waals surface area contributed by atoms with Gasteiger partial charge in [-0.25, -0.2) is 0 Å². The fourth-order valence-corrected chi connectivity index (χ4v) is 4.13. The monoisotopic (exact) mass is 381 g/mol. The summed E-state index contributed by atoms with van der Waals surface area (Å²) in [6.45, 7) is 12.9. The highest BCUT2D eigenvalue weighted by molar-refractivity contribution is 7.98. The molecule has 2 rings (SSSR count). The number of anilines is 2. The third-order valence-corrected chi connectivity index (χ3v) is 5.62. The smallest absolute Gasteiger partial charge is 0.234 e. The van der Waals surface area contributed by atoms with Crippen molar-refractivity contribution in [2.45, 2.75) is 63.9 Å². The maximum atomic E-state index is 5.56. The van der Waals surface area contributed by atoms with Crippen LogP contribution >= 0.6 is 11.8 Å². The molecule has 0 atom stereocenters. The molecular formula is C19H35N5OS. The quantitative estimate of drug-likeness (QED) is 0.654. The molecule has 0 bridgehead atoms. The Hall–Kier alpha value is -1.21. The van der Waals surface area contributed by atoms with Gasteiger partial charge in [-0.2, -0.15) is 9.97 Å². The number of piperidine rings is 1. The SMILES string of the molecule is COc1nc(N2CCCCC2)nc(NCCN(C(C)C)C(C)C)c1SC. The van der Waals surface area contributed by atoms with Gasteiger partial charge >= 0.3 is 0 Å². The minimum absolute atomic E-state index is 0.528. The van der Waals surface area contributed by atoms with Gasteiger partial charge < -0.3 is 15.0 Å². The van der Waals surface area contributed by atoms with Crippen LogP contribution in [0.25, 0.3) is 0 Å². The summed E-state index contributed by atoms with van der Waals surface area (Å²) in [7, 11) is 1.69. The maximum absolute atomic E-state index is 5.56. The first kappa shape index (κ1) is 21.1. The normalized spacial score (nSPS) is 15.2. The molecule has 0 aromatic carbocycles. The summed E-state index contributed by atoms with van der Waals surface area (Å²) in [5, 5.41) is 3.54. The molecule has 6 nitrogen and oxygen atoms in total. The summed E-state index contributed by atoms with van der Waals surface area (Å²) in [4.78, 5) is 15.3. The Morgan fingerprint density at radius 3 is 2.31 bits per heavy atom. The second-order valence-corrected chi connectivity index (χ2v) is 8.13. The Bertz CT molecular complexity index is 553. The van der Waals surface area contributed by atoms with E-state index in [1.54, 1.807) is 18.9 Å². The predicted molar refractivity (Wildman–Crippen MR) is 112 cm³/mol. The van der Waals surface area contributed by atoms with Crippen molar-refractivity contribution in [1.82, 2.24) is 14.9 Å². The molecule has 0 radical (unpaired) electrons. The zero-order valence-corrected chi connectivity index (χ0v) is 18.0. The van der Waals surface area contributed by atoms with Crippen molar-refractivity contribution in [2.75, 3.05) is 49.8 Å². The molecule has 1 fully saturated rings. The standard InChI is InChI=1S/C19H35N5OS/c1-14(2)24(15(3)4)13-10-20-17-16(26-6)18(25-5)22-19(21-17)23-11-8-7-9-12-23/h14-15H,7-13H2,1-6H3,(H,20,21,22). The van der Waals surface area contributed by atoms with Gasteiger partial charge in [0.25, 0.3) is 0 Å². The van der Waals surface area contributed by atoms with Crippen molar-refractivity contribution < 1.29 is 4.74 Å². The van der Waals surface area contributed by atoms with Crippen molar-refractivity contribution in [3.63, 3.8) is 0 Å². The minimum Gasteiger partial charge on any atom is -0.480 e. The number of ether oxygens (including phenoxy) is 1. The fraction of sp³-hybridized carbons (Fsp3) is 0.789. The van der Waals surface area contributed by atoms with E-state index in [0.717, 1.165) is 42.8 Å². The van der Waals surface area contributed by atoms with Gasteiger partial charge in [0.1, 0.15) is 10.7 Å². The average molecular weight is 382 g/mol. The van der Waals surface area contributed by atoms with E-state index in [0.29, 0.717) is 18.0 Å².